The highest BCUT2D eigenvalue weighted by Gasteiger charge is 2.56. The van der Waals surface area contributed by atoms with E-state index in [9.17, 15) is 0 Å². The van der Waals surface area contributed by atoms with Crippen molar-refractivity contribution in [1.29, 1.82) is 0 Å². The van der Waals surface area contributed by atoms with Gasteiger partial charge in [-0.3, -0.25) is 0 Å². The maximum absolute atomic E-state index is 6.22. The largest absolute Gasteiger partial charge is 0.488 e. The van der Waals surface area contributed by atoms with Crippen LogP contribution in [0.2, 0.25) is 5.02 Å². The van der Waals surface area contributed by atoms with Crippen LogP contribution in [0.5, 0.6) is 5.75 Å². The lowest BCUT2D eigenvalue weighted by Gasteiger charge is -2.51. The van der Waals surface area contributed by atoms with Crippen molar-refractivity contribution in [3.63, 3.8) is 0 Å². The Hall–Kier alpha value is -0.210. The van der Waals surface area contributed by atoms with Crippen molar-refractivity contribution in [1.82, 2.24) is 0 Å². The third kappa shape index (κ3) is 1.98. The summed E-state index contributed by atoms with van der Waals surface area (Å²) in [7, 11) is 0. The number of aryl methyl sites for hydroxylation is 1. The van der Waals surface area contributed by atoms with Gasteiger partial charge in [0.2, 0.25) is 0 Å². The van der Waals surface area contributed by atoms with Crippen molar-refractivity contribution in [3.05, 3.63) is 28.8 Å². The first kappa shape index (κ1) is 12.8. The van der Waals surface area contributed by atoms with Gasteiger partial charge in [-0.2, -0.15) is 0 Å². The number of benzene rings is 1. The van der Waals surface area contributed by atoms with E-state index in [-0.39, 0.29) is 0 Å². The van der Waals surface area contributed by atoms with E-state index in [4.69, 9.17) is 16.3 Å². The van der Waals surface area contributed by atoms with Crippen molar-refractivity contribution >= 4 is 27.5 Å². The number of ether oxygens (including phenoxy) is 1. The molecule has 1 spiro atoms. The van der Waals surface area contributed by atoms with Crippen molar-refractivity contribution in [2.24, 2.45) is 5.41 Å². The topological polar surface area (TPSA) is 9.23 Å². The third-order valence-electron chi connectivity index (χ3n) is 4.58. The van der Waals surface area contributed by atoms with E-state index in [1.807, 2.05) is 18.2 Å². The van der Waals surface area contributed by atoms with Crippen LogP contribution in [0.25, 0.3) is 0 Å². The molecule has 1 aromatic rings. The summed E-state index contributed by atoms with van der Waals surface area (Å²) in [6, 6.07) is 6.00. The summed E-state index contributed by atoms with van der Waals surface area (Å²) in [5.41, 5.74) is 1.57. The Morgan fingerprint density at radius 3 is 2.72 bits per heavy atom. The van der Waals surface area contributed by atoms with Crippen LogP contribution in [0.15, 0.2) is 18.2 Å². The highest BCUT2D eigenvalue weighted by atomic mass is 79.9. The maximum atomic E-state index is 6.22. The minimum Gasteiger partial charge on any atom is -0.488 e. The van der Waals surface area contributed by atoms with Crippen molar-refractivity contribution in [2.75, 3.05) is 0 Å². The second-order valence-electron chi connectivity index (χ2n) is 5.68. The Bertz CT molecular complexity index is 454. The lowest BCUT2D eigenvalue weighted by Crippen LogP contribution is -2.55. The van der Waals surface area contributed by atoms with Gasteiger partial charge in [-0.25, -0.2) is 0 Å². The lowest BCUT2D eigenvalue weighted by atomic mass is 9.64. The highest BCUT2D eigenvalue weighted by molar-refractivity contribution is 9.09. The van der Waals surface area contributed by atoms with Crippen LogP contribution in [0.3, 0.4) is 0 Å². The van der Waals surface area contributed by atoms with Crippen LogP contribution in [-0.2, 0) is 0 Å². The van der Waals surface area contributed by atoms with Crippen molar-refractivity contribution in [3.8, 4) is 5.75 Å². The van der Waals surface area contributed by atoms with E-state index >= 15 is 0 Å². The highest BCUT2D eigenvalue weighted by Crippen LogP contribution is 2.58. The Morgan fingerprint density at radius 1 is 1.33 bits per heavy atom. The smallest absolute Gasteiger partial charge is 0.138 e. The zero-order valence-electron chi connectivity index (χ0n) is 10.6. The van der Waals surface area contributed by atoms with Crippen LogP contribution < -0.4 is 4.74 Å². The summed E-state index contributed by atoms with van der Waals surface area (Å²) >= 11 is 10.0. The molecule has 2 fully saturated rings. The van der Waals surface area contributed by atoms with Gasteiger partial charge in [0, 0.05) is 10.2 Å². The molecule has 0 N–H and O–H groups in total. The fraction of sp³-hybridized carbons (Fsp3) is 0.600. The molecule has 0 radical (unpaired) electrons. The quantitative estimate of drug-likeness (QED) is 0.684. The molecule has 0 amide bonds. The zero-order chi connectivity index (χ0) is 12.8. The molecular formula is C15H18BrClO. The first-order valence-corrected chi connectivity index (χ1v) is 7.98. The molecule has 0 aromatic heterocycles. The fourth-order valence-electron chi connectivity index (χ4n) is 3.39. The summed E-state index contributed by atoms with van der Waals surface area (Å²) in [6.45, 7) is 2.07. The zero-order valence-corrected chi connectivity index (χ0v) is 12.9. The number of hydrogen-bond donors (Lipinski definition) is 0. The summed E-state index contributed by atoms with van der Waals surface area (Å²) in [6.07, 6.45) is 6.69. The van der Waals surface area contributed by atoms with E-state index in [1.165, 1.54) is 31.2 Å². The maximum Gasteiger partial charge on any atom is 0.138 e. The van der Waals surface area contributed by atoms with Gasteiger partial charge in [0.15, 0.2) is 0 Å². The molecule has 0 heterocycles. The lowest BCUT2D eigenvalue weighted by molar-refractivity contribution is -0.0303. The van der Waals surface area contributed by atoms with Gasteiger partial charge < -0.3 is 4.74 Å². The van der Waals surface area contributed by atoms with E-state index < -0.39 is 0 Å². The Balaban J connectivity index is 1.79. The molecular weight excluding hydrogens is 312 g/mol. The molecule has 0 saturated heterocycles. The standard InChI is InChI=1S/C15H18BrClO/c1-10-4-5-11(17)12(8-10)18-14-9-13(16)15(14)6-2-3-7-15/h4-5,8,13-14H,2-3,6-7,9H2,1H3. The Kier molecular flexibility index (Phi) is 3.36. The van der Waals surface area contributed by atoms with Crippen LogP contribution in [0.4, 0.5) is 0 Å². The molecule has 0 aliphatic heterocycles. The van der Waals surface area contributed by atoms with Gasteiger partial charge in [-0.1, -0.05) is 46.4 Å². The van der Waals surface area contributed by atoms with Gasteiger partial charge in [-0.15, -0.1) is 0 Å². The predicted octanol–water partition coefficient (Wildman–Crippen LogP) is 5.12. The second kappa shape index (κ2) is 4.72. The monoisotopic (exact) mass is 328 g/mol. The molecule has 18 heavy (non-hydrogen) atoms. The number of rotatable bonds is 2. The molecule has 0 bridgehead atoms. The minimum absolute atomic E-state index is 0.337. The molecule has 1 nitrogen and oxygen atoms in total. The molecule has 2 aliphatic rings. The molecule has 2 aliphatic carbocycles. The average molecular weight is 330 g/mol. The van der Waals surface area contributed by atoms with E-state index in [0.717, 1.165) is 17.2 Å². The van der Waals surface area contributed by atoms with Crippen molar-refractivity contribution in [2.45, 2.75) is 50.0 Å². The van der Waals surface area contributed by atoms with Crippen LogP contribution >= 0.6 is 27.5 Å². The SMILES string of the molecule is Cc1ccc(Cl)c(OC2CC(Br)C23CCCC3)c1. The van der Waals surface area contributed by atoms with Crippen LogP contribution in [0.1, 0.15) is 37.7 Å². The second-order valence-corrected chi connectivity index (χ2v) is 7.20. The summed E-state index contributed by atoms with van der Waals surface area (Å²) < 4.78 is 6.21. The number of hydrogen-bond acceptors (Lipinski definition) is 1. The normalized spacial score (nSPS) is 29.3. The summed E-state index contributed by atoms with van der Waals surface area (Å²) in [4.78, 5) is 0.626. The molecule has 3 rings (SSSR count). The van der Waals surface area contributed by atoms with Crippen LogP contribution in [-0.4, -0.2) is 10.9 Å². The van der Waals surface area contributed by atoms with Crippen molar-refractivity contribution < 1.29 is 4.74 Å². The van der Waals surface area contributed by atoms with Gasteiger partial charge in [-0.05, 0) is 43.9 Å². The Morgan fingerprint density at radius 2 is 2.06 bits per heavy atom. The number of halogens is 2. The summed E-state index contributed by atoms with van der Waals surface area (Å²) in [5, 5.41) is 0.728. The van der Waals surface area contributed by atoms with E-state index in [1.54, 1.807) is 0 Å². The third-order valence-corrected chi connectivity index (χ3v) is 6.17. The van der Waals surface area contributed by atoms with Gasteiger partial charge in [0.1, 0.15) is 11.9 Å². The van der Waals surface area contributed by atoms with Gasteiger partial charge in [0.05, 0.1) is 5.02 Å². The molecule has 1 aromatic carbocycles. The summed E-state index contributed by atoms with van der Waals surface area (Å²) in [5.74, 6) is 0.854. The molecule has 2 unspecified atom stereocenters. The minimum atomic E-state index is 0.337. The fourth-order valence-corrected chi connectivity index (χ4v) is 4.64. The average Bonchev–Trinajstić information content (AvgIpc) is 2.85. The predicted molar refractivity (Wildman–Crippen MR) is 78.8 cm³/mol. The first-order chi connectivity index (χ1) is 8.62. The first-order valence-electron chi connectivity index (χ1n) is 6.69. The molecule has 98 valence electrons. The van der Waals surface area contributed by atoms with E-state index in [2.05, 4.69) is 22.9 Å². The van der Waals surface area contributed by atoms with Gasteiger partial charge in [0.25, 0.3) is 0 Å². The number of alkyl halides is 1. The molecule has 3 heteroatoms. The Labute approximate surface area is 122 Å². The van der Waals surface area contributed by atoms with E-state index in [0.29, 0.717) is 16.3 Å². The molecule has 2 saturated carbocycles. The molecule has 2 atom stereocenters. The van der Waals surface area contributed by atoms with Crippen LogP contribution in [0, 0.1) is 12.3 Å². The van der Waals surface area contributed by atoms with Gasteiger partial charge >= 0.3 is 0 Å².